The third-order valence-electron chi connectivity index (χ3n) is 8.03. The van der Waals surface area contributed by atoms with Gasteiger partial charge in [0.15, 0.2) is 0 Å². The number of benzene rings is 5. The normalized spacial score (nSPS) is 12.3. The average molecular weight is 598 g/mol. The van der Waals surface area contributed by atoms with E-state index in [0.29, 0.717) is 0 Å². The highest BCUT2D eigenvalue weighted by atomic mass is 15.1. The Morgan fingerprint density at radius 3 is 1.91 bits per heavy atom. The molecule has 0 aliphatic heterocycles. The summed E-state index contributed by atoms with van der Waals surface area (Å²) in [6.45, 7) is 6.15. The second-order valence-corrected chi connectivity index (χ2v) is 10.9. The Labute approximate surface area is 273 Å². The zero-order valence-corrected chi connectivity index (χ0v) is 26.9. The van der Waals surface area contributed by atoms with Crippen molar-refractivity contribution in [3.05, 3.63) is 175 Å². The molecule has 0 N–H and O–H groups in total. The van der Waals surface area contributed by atoms with E-state index in [9.17, 15) is 0 Å². The number of likely N-dealkylation sites (N-methyl/N-ethyl adjacent to an activating group) is 1. The molecular formula is C43H39N3. The van der Waals surface area contributed by atoms with Gasteiger partial charge in [-0.25, -0.2) is 0 Å². The van der Waals surface area contributed by atoms with Crippen molar-refractivity contribution in [1.82, 2.24) is 0 Å². The van der Waals surface area contributed by atoms with E-state index in [1.165, 1.54) is 28.0 Å². The fraction of sp³-hybridized carbons (Fsp3) is 0.0930. The number of anilines is 4. The maximum absolute atomic E-state index is 8.73. The van der Waals surface area contributed by atoms with E-state index >= 15 is 0 Å². The van der Waals surface area contributed by atoms with Gasteiger partial charge in [-0.05, 0) is 108 Å². The first-order valence-electron chi connectivity index (χ1n) is 15.6. The highest BCUT2D eigenvalue weighted by Crippen LogP contribution is 2.38. The summed E-state index contributed by atoms with van der Waals surface area (Å²) >= 11 is 0. The van der Waals surface area contributed by atoms with Crippen LogP contribution in [0.15, 0.2) is 170 Å². The van der Waals surface area contributed by atoms with Crippen LogP contribution in [0.1, 0.15) is 26.3 Å². The number of nitriles is 1. The third kappa shape index (κ3) is 7.26. The van der Waals surface area contributed by atoms with Crippen molar-refractivity contribution >= 4 is 39.1 Å². The Bertz CT molecular complexity index is 1980. The zero-order valence-electron chi connectivity index (χ0n) is 26.9. The number of nitrogens with zero attached hydrogens (tertiary/aromatic N) is 3. The smallest absolute Gasteiger partial charge is 0.0912 e. The van der Waals surface area contributed by atoms with Crippen molar-refractivity contribution in [2.75, 3.05) is 16.8 Å². The topological polar surface area (TPSA) is 30.3 Å². The highest BCUT2D eigenvalue weighted by molar-refractivity contribution is 5.90. The van der Waals surface area contributed by atoms with Gasteiger partial charge in [-0.1, -0.05) is 103 Å². The van der Waals surface area contributed by atoms with Gasteiger partial charge < -0.3 is 9.80 Å². The molecule has 0 saturated carbocycles. The van der Waals surface area contributed by atoms with E-state index in [1.807, 2.05) is 32.2 Å². The SMILES string of the molecule is C/C=C\C(=C/C)c1cccc(N(c2ccc(-c3ccc(N(C)C(/C=C\C=C\C#N)=C/C)cc3)cc2)c2ccc3ccccc3c2)c1. The van der Waals surface area contributed by atoms with Crippen LogP contribution < -0.4 is 9.80 Å². The molecule has 0 aliphatic carbocycles. The van der Waals surface area contributed by atoms with Crippen LogP contribution in [-0.4, -0.2) is 7.05 Å². The summed E-state index contributed by atoms with van der Waals surface area (Å²) in [6.07, 6.45) is 15.5. The van der Waals surface area contributed by atoms with Crippen LogP contribution in [0.2, 0.25) is 0 Å². The molecule has 0 fully saturated rings. The van der Waals surface area contributed by atoms with Crippen LogP contribution in [0.3, 0.4) is 0 Å². The van der Waals surface area contributed by atoms with Gasteiger partial charge >= 0.3 is 0 Å². The molecule has 0 heterocycles. The van der Waals surface area contributed by atoms with Crippen LogP contribution >= 0.6 is 0 Å². The second-order valence-electron chi connectivity index (χ2n) is 10.9. The van der Waals surface area contributed by atoms with E-state index in [1.54, 1.807) is 6.08 Å². The number of hydrogen-bond donors (Lipinski definition) is 0. The first-order valence-corrected chi connectivity index (χ1v) is 15.6. The maximum atomic E-state index is 8.73. The fourth-order valence-corrected chi connectivity index (χ4v) is 5.61. The quantitative estimate of drug-likeness (QED) is 0.118. The Hall–Kier alpha value is -5.85. The molecule has 226 valence electrons. The Kier molecular flexibility index (Phi) is 10.5. The molecule has 0 radical (unpaired) electrons. The Morgan fingerprint density at radius 2 is 1.26 bits per heavy atom. The molecule has 0 bridgehead atoms. The summed E-state index contributed by atoms with van der Waals surface area (Å²) in [7, 11) is 2.05. The molecule has 0 aromatic heterocycles. The predicted molar refractivity (Wildman–Crippen MR) is 199 cm³/mol. The van der Waals surface area contributed by atoms with E-state index in [-0.39, 0.29) is 0 Å². The summed E-state index contributed by atoms with van der Waals surface area (Å²) in [5.74, 6) is 0. The van der Waals surface area contributed by atoms with Crippen LogP contribution in [-0.2, 0) is 0 Å². The van der Waals surface area contributed by atoms with Crippen molar-refractivity contribution in [2.45, 2.75) is 20.8 Å². The van der Waals surface area contributed by atoms with E-state index < -0.39 is 0 Å². The summed E-state index contributed by atoms with van der Waals surface area (Å²) < 4.78 is 0. The Morgan fingerprint density at radius 1 is 0.609 bits per heavy atom. The molecule has 5 aromatic carbocycles. The Balaban J connectivity index is 1.48. The lowest BCUT2D eigenvalue weighted by Crippen LogP contribution is -2.14. The minimum atomic E-state index is 1.05. The third-order valence-corrected chi connectivity index (χ3v) is 8.03. The molecule has 0 aliphatic rings. The minimum absolute atomic E-state index is 1.05. The van der Waals surface area contributed by atoms with Crippen molar-refractivity contribution < 1.29 is 0 Å². The molecule has 0 unspecified atom stereocenters. The first-order chi connectivity index (χ1) is 22.6. The van der Waals surface area contributed by atoms with Crippen LogP contribution in [0.5, 0.6) is 0 Å². The fourth-order valence-electron chi connectivity index (χ4n) is 5.61. The van der Waals surface area contributed by atoms with Gasteiger partial charge in [0.2, 0.25) is 0 Å². The predicted octanol–water partition coefficient (Wildman–Crippen LogP) is 11.9. The molecule has 5 rings (SSSR count). The number of allylic oxidation sites excluding steroid dienone is 9. The van der Waals surface area contributed by atoms with Crippen molar-refractivity contribution in [3.8, 4) is 17.2 Å². The molecule has 46 heavy (non-hydrogen) atoms. The molecule has 5 aromatic rings. The van der Waals surface area contributed by atoms with Crippen LogP contribution in [0.4, 0.5) is 22.7 Å². The number of fused-ring (bicyclic) bond motifs is 1. The van der Waals surface area contributed by atoms with Gasteiger partial charge in [-0.2, -0.15) is 5.26 Å². The standard InChI is InChI=1S/C43H39N3/c1-5-14-33(6-2)37-17-13-19-42(31-37)46(43-29-24-34-15-10-11-16-38(34)32-43)41-27-22-36(23-28-41)35-20-25-40(26-21-35)45(4)39(7-3)18-9-8-12-30-44/h5-29,31-32H,1-4H3/b12-8+,14-5-,18-9-,33-6+,39-7+. The molecule has 0 amide bonds. The monoisotopic (exact) mass is 597 g/mol. The molecule has 3 nitrogen and oxygen atoms in total. The van der Waals surface area contributed by atoms with E-state index in [4.69, 9.17) is 5.26 Å². The number of hydrogen-bond acceptors (Lipinski definition) is 3. The van der Waals surface area contributed by atoms with Gasteiger partial charge in [0.05, 0.1) is 6.07 Å². The summed E-state index contributed by atoms with van der Waals surface area (Å²) in [6, 6.07) is 43.4. The second kappa shape index (κ2) is 15.2. The lowest BCUT2D eigenvalue weighted by molar-refractivity contribution is 1.13. The molecule has 3 heteroatoms. The van der Waals surface area contributed by atoms with Crippen LogP contribution in [0, 0.1) is 11.3 Å². The van der Waals surface area contributed by atoms with Gasteiger partial charge in [0, 0.05) is 41.6 Å². The lowest BCUT2D eigenvalue weighted by atomic mass is 10.0. The minimum Gasteiger partial charge on any atom is -0.345 e. The zero-order chi connectivity index (χ0) is 32.3. The molecule has 0 spiro atoms. The van der Waals surface area contributed by atoms with Crippen molar-refractivity contribution in [1.29, 1.82) is 5.26 Å². The van der Waals surface area contributed by atoms with Gasteiger partial charge in [-0.15, -0.1) is 0 Å². The lowest BCUT2D eigenvalue weighted by Gasteiger charge is -2.26. The van der Waals surface area contributed by atoms with Gasteiger partial charge in [0.1, 0.15) is 0 Å². The van der Waals surface area contributed by atoms with Crippen LogP contribution in [0.25, 0.3) is 27.5 Å². The average Bonchev–Trinajstić information content (AvgIpc) is 3.11. The molecule has 0 atom stereocenters. The van der Waals surface area contributed by atoms with Gasteiger partial charge in [0.25, 0.3) is 0 Å². The molecule has 0 saturated heterocycles. The summed E-state index contributed by atoms with van der Waals surface area (Å²) in [4.78, 5) is 4.47. The first kappa shape index (κ1) is 31.6. The van der Waals surface area contributed by atoms with E-state index in [2.05, 4.69) is 163 Å². The van der Waals surface area contributed by atoms with Crippen molar-refractivity contribution in [3.63, 3.8) is 0 Å². The van der Waals surface area contributed by atoms with Gasteiger partial charge in [-0.3, -0.25) is 0 Å². The molecular weight excluding hydrogens is 558 g/mol. The summed E-state index contributed by atoms with van der Waals surface area (Å²) in [5, 5.41) is 11.2. The number of rotatable bonds is 10. The maximum Gasteiger partial charge on any atom is 0.0912 e. The summed E-state index contributed by atoms with van der Waals surface area (Å²) in [5.41, 5.74) is 10.1. The highest BCUT2D eigenvalue weighted by Gasteiger charge is 2.15. The van der Waals surface area contributed by atoms with E-state index in [0.717, 1.165) is 39.6 Å². The van der Waals surface area contributed by atoms with Crippen molar-refractivity contribution in [2.24, 2.45) is 0 Å². The largest absolute Gasteiger partial charge is 0.345 e.